The third-order valence-electron chi connectivity index (χ3n) is 4.65. The highest BCUT2D eigenvalue weighted by Crippen LogP contribution is 2.32. The number of hydrogen-bond acceptors (Lipinski definition) is 7. The first kappa shape index (κ1) is 21.8. The highest BCUT2D eigenvalue weighted by atomic mass is 32.1. The van der Waals surface area contributed by atoms with Crippen LogP contribution in [0, 0.1) is 10.1 Å². The number of carbonyl (C=O) groups excluding carboxylic acids is 2. The Morgan fingerprint density at radius 3 is 2.55 bits per heavy atom. The zero-order valence-electron chi connectivity index (χ0n) is 17.2. The van der Waals surface area contributed by atoms with Crippen molar-refractivity contribution in [3.8, 4) is 17.1 Å². The Hall–Kier alpha value is -4.44. The summed E-state index contributed by atoms with van der Waals surface area (Å²) in [4.78, 5) is 36.2. The Kier molecular flexibility index (Phi) is 6.18. The Morgan fingerprint density at radius 1 is 1.00 bits per heavy atom. The molecule has 0 fully saturated rings. The van der Waals surface area contributed by atoms with Gasteiger partial charge < -0.3 is 19.8 Å². The molecule has 166 valence electrons. The molecule has 2 N–H and O–H groups in total. The molecule has 2 amide bonds. The molecule has 0 spiro atoms. The quantitative estimate of drug-likeness (QED) is 0.278. The summed E-state index contributed by atoms with van der Waals surface area (Å²) in [5, 5.41) is 18.5. The number of ether oxygens (including phenoxy) is 1. The van der Waals surface area contributed by atoms with Crippen LogP contribution in [0.15, 0.2) is 76.5 Å². The average molecular weight is 463 g/mol. The summed E-state index contributed by atoms with van der Waals surface area (Å²) in [5.41, 5.74) is 1.01. The van der Waals surface area contributed by atoms with Crippen molar-refractivity contribution in [2.24, 2.45) is 0 Å². The van der Waals surface area contributed by atoms with Gasteiger partial charge in [0.15, 0.2) is 5.76 Å². The van der Waals surface area contributed by atoms with Gasteiger partial charge >= 0.3 is 0 Å². The van der Waals surface area contributed by atoms with Crippen LogP contribution in [0.25, 0.3) is 11.3 Å². The number of nitro benzene ring substituents is 1. The zero-order chi connectivity index (χ0) is 23.4. The van der Waals surface area contributed by atoms with Crippen molar-refractivity contribution >= 4 is 40.2 Å². The number of nitrogens with one attached hydrogen (secondary N) is 2. The molecule has 9 nitrogen and oxygen atoms in total. The molecule has 2 heterocycles. The van der Waals surface area contributed by atoms with Crippen LogP contribution in [0.4, 0.5) is 17.1 Å². The zero-order valence-corrected chi connectivity index (χ0v) is 18.0. The van der Waals surface area contributed by atoms with Crippen LogP contribution in [0.2, 0.25) is 0 Å². The molecule has 4 aromatic rings. The number of para-hydroxylation sites is 1. The second kappa shape index (κ2) is 9.37. The molecule has 0 saturated carbocycles. The fourth-order valence-corrected chi connectivity index (χ4v) is 3.72. The first-order chi connectivity index (χ1) is 16.0. The minimum atomic E-state index is -0.544. The minimum absolute atomic E-state index is 0.0165. The van der Waals surface area contributed by atoms with Gasteiger partial charge in [-0.1, -0.05) is 18.2 Å². The van der Waals surface area contributed by atoms with Crippen LogP contribution in [-0.4, -0.2) is 23.8 Å². The van der Waals surface area contributed by atoms with E-state index < -0.39 is 10.8 Å². The van der Waals surface area contributed by atoms with E-state index >= 15 is 0 Å². The topological polar surface area (TPSA) is 124 Å². The van der Waals surface area contributed by atoms with Gasteiger partial charge in [0.05, 0.1) is 28.2 Å². The van der Waals surface area contributed by atoms with Gasteiger partial charge in [-0.25, -0.2) is 0 Å². The van der Waals surface area contributed by atoms with Crippen LogP contribution in [0.5, 0.6) is 5.75 Å². The van der Waals surface area contributed by atoms with Gasteiger partial charge in [-0.3, -0.25) is 19.7 Å². The molecule has 2 aromatic heterocycles. The number of amides is 2. The Bertz CT molecular complexity index is 1330. The Labute approximate surface area is 191 Å². The highest BCUT2D eigenvalue weighted by Gasteiger charge is 2.20. The Morgan fingerprint density at radius 2 is 1.82 bits per heavy atom. The van der Waals surface area contributed by atoms with E-state index in [-0.39, 0.29) is 28.7 Å². The Balaban J connectivity index is 1.50. The van der Waals surface area contributed by atoms with Gasteiger partial charge in [0, 0.05) is 17.8 Å². The molecule has 0 aliphatic heterocycles. The first-order valence-electron chi connectivity index (χ1n) is 9.64. The van der Waals surface area contributed by atoms with Gasteiger partial charge in [-0.15, -0.1) is 11.3 Å². The van der Waals surface area contributed by atoms with E-state index in [0.29, 0.717) is 22.0 Å². The lowest BCUT2D eigenvalue weighted by atomic mass is 10.1. The number of benzene rings is 2. The van der Waals surface area contributed by atoms with Crippen molar-refractivity contribution in [2.75, 3.05) is 17.7 Å². The maximum Gasteiger partial charge on any atom is 0.291 e. The molecule has 4 rings (SSSR count). The van der Waals surface area contributed by atoms with Crippen LogP contribution in [0.3, 0.4) is 0 Å². The van der Waals surface area contributed by atoms with Crippen molar-refractivity contribution in [1.82, 2.24) is 0 Å². The van der Waals surface area contributed by atoms with Crippen molar-refractivity contribution < 1.29 is 23.7 Å². The normalized spacial score (nSPS) is 10.5. The van der Waals surface area contributed by atoms with Crippen molar-refractivity contribution in [1.29, 1.82) is 0 Å². The fraction of sp³-hybridized carbons (Fsp3) is 0.0435. The summed E-state index contributed by atoms with van der Waals surface area (Å²) in [6.07, 6.45) is 0. The molecule has 33 heavy (non-hydrogen) atoms. The van der Waals surface area contributed by atoms with E-state index in [1.165, 1.54) is 36.6 Å². The van der Waals surface area contributed by atoms with Crippen molar-refractivity contribution in [3.63, 3.8) is 0 Å². The lowest BCUT2D eigenvalue weighted by Crippen LogP contribution is -2.13. The minimum Gasteiger partial charge on any atom is -0.494 e. The van der Waals surface area contributed by atoms with E-state index in [0.717, 1.165) is 0 Å². The number of thiophene rings is 1. The molecule has 0 aliphatic rings. The molecular formula is C23H17N3O6S. The van der Waals surface area contributed by atoms with Crippen molar-refractivity contribution in [2.45, 2.75) is 0 Å². The molecule has 0 saturated heterocycles. The van der Waals surface area contributed by atoms with Crippen LogP contribution >= 0.6 is 11.3 Å². The second-order valence-corrected chi connectivity index (χ2v) is 7.69. The summed E-state index contributed by atoms with van der Waals surface area (Å²) < 4.78 is 10.9. The number of hydrogen-bond donors (Lipinski definition) is 2. The van der Waals surface area contributed by atoms with Gasteiger partial charge in [0.1, 0.15) is 11.5 Å². The van der Waals surface area contributed by atoms with E-state index in [4.69, 9.17) is 9.15 Å². The van der Waals surface area contributed by atoms with E-state index in [1.807, 2.05) is 0 Å². The number of methoxy groups -OCH3 is 1. The third kappa shape index (κ3) is 4.75. The molecule has 0 unspecified atom stereocenters. The van der Waals surface area contributed by atoms with E-state index in [2.05, 4.69) is 10.6 Å². The average Bonchev–Trinajstić information content (AvgIpc) is 3.52. The highest BCUT2D eigenvalue weighted by molar-refractivity contribution is 7.12. The number of anilines is 2. The van der Waals surface area contributed by atoms with Crippen LogP contribution < -0.4 is 15.4 Å². The first-order valence-corrected chi connectivity index (χ1v) is 10.5. The number of carbonyl (C=O) groups is 2. The smallest absolute Gasteiger partial charge is 0.291 e. The van der Waals surface area contributed by atoms with E-state index in [9.17, 15) is 19.7 Å². The molecule has 0 radical (unpaired) electrons. The molecule has 0 aliphatic carbocycles. The predicted octanol–water partition coefficient (Wildman–Crippen LogP) is 5.43. The number of furan rings is 1. The van der Waals surface area contributed by atoms with Gasteiger partial charge in [-0.2, -0.15) is 0 Å². The monoisotopic (exact) mass is 463 g/mol. The largest absolute Gasteiger partial charge is 0.494 e. The summed E-state index contributed by atoms with van der Waals surface area (Å²) in [6.45, 7) is 0. The maximum atomic E-state index is 12.6. The van der Waals surface area contributed by atoms with Crippen molar-refractivity contribution in [3.05, 3.63) is 92.9 Å². The predicted molar refractivity (Wildman–Crippen MR) is 124 cm³/mol. The third-order valence-corrected chi connectivity index (χ3v) is 5.52. The molecular weight excluding hydrogens is 446 g/mol. The summed E-state index contributed by atoms with van der Waals surface area (Å²) in [5.74, 6) is -0.262. The van der Waals surface area contributed by atoms with Crippen LogP contribution in [0.1, 0.15) is 20.2 Å². The SMILES string of the molecule is COc1cc(NC(=O)c2ccc(-c3ccccc3[N+](=O)[O-])o2)ccc1NC(=O)c1cccs1. The van der Waals surface area contributed by atoms with Crippen LogP contribution in [-0.2, 0) is 0 Å². The molecule has 2 aromatic carbocycles. The number of rotatable bonds is 7. The number of nitrogens with zero attached hydrogens (tertiary/aromatic N) is 1. The number of nitro groups is 1. The molecule has 0 bridgehead atoms. The molecule has 0 atom stereocenters. The fourth-order valence-electron chi connectivity index (χ4n) is 3.10. The van der Waals surface area contributed by atoms with Gasteiger partial charge in [-0.05, 0) is 41.8 Å². The standard InChI is InChI=1S/C23H17N3O6S/c1-31-20-13-14(8-9-16(20)25-23(28)21-7-4-12-33-21)24-22(27)19-11-10-18(32-19)15-5-2-3-6-17(15)26(29)30/h2-13H,1H3,(H,24,27)(H,25,28). The van der Waals surface area contributed by atoms with Gasteiger partial charge in [0.2, 0.25) is 0 Å². The summed E-state index contributed by atoms with van der Waals surface area (Å²) >= 11 is 1.32. The summed E-state index contributed by atoms with van der Waals surface area (Å²) in [6, 6.07) is 17.3. The van der Waals surface area contributed by atoms with Gasteiger partial charge in [0.25, 0.3) is 17.5 Å². The lowest BCUT2D eigenvalue weighted by Gasteiger charge is -2.12. The summed E-state index contributed by atoms with van der Waals surface area (Å²) in [7, 11) is 1.45. The lowest BCUT2D eigenvalue weighted by molar-refractivity contribution is -0.384. The van der Waals surface area contributed by atoms with E-state index in [1.54, 1.807) is 53.9 Å². The second-order valence-electron chi connectivity index (χ2n) is 6.74. The maximum absolute atomic E-state index is 12.6. The molecule has 10 heteroatoms.